The van der Waals surface area contributed by atoms with E-state index in [1.54, 1.807) is 12.1 Å². The smallest absolute Gasteiger partial charge is 0.115 e. The number of hydrogen-bond donors (Lipinski definition) is 2. The van der Waals surface area contributed by atoms with E-state index in [4.69, 9.17) is 11.6 Å². The quantitative estimate of drug-likeness (QED) is 0.562. The van der Waals surface area contributed by atoms with Gasteiger partial charge in [0.1, 0.15) is 5.75 Å². The number of aromatic amines is 1. The molecule has 0 aliphatic heterocycles. The van der Waals surface area contributed by atoms with Crippen molar-refractivity contribution >= 4 is 11.6 Å². The Hall–Kier alpha value is -2.30. The molecule has 2 aromatic carbocycles. The summed E-state index contributed by atoms with van der Waals surface area (Å²) in [6, 6.07) is 16.0. The van der Waals surface area contributed by atoms with Crippen LogP contribution in [0, 0.1) is 0 Å². The number of hydrogen-bond acceptors (Lipinski definition) is 3. The van der Waals surface area contributed by atoms with Crippen LogP contribution in [0.1, 0.15) is 43.0 Å². The average molecular weight is 384 g/mol. The van der Waals surface area contributed by atoms with Gasteiger partial charge in [0.25, 0.3) is 0 Å². The molecule has 0 fully saturated rings. The second-order valence-electron chi connectivity index (χ2n) is 6.94. The fourth-order valence-electron chi connectivity index (χ4n) is 3.58. The van der Waals surface area contributed by atoms with Crippen molar-refractivity contribution in [2.45, 2.75) is 38.8 Å². The third-order valence-electron chi connectivity index (χ3n) is 4.87. The predicted molar refractivity (Wildman–Crippen MR) is 110 cm³/mol. The Kier molecular flexibility index (Phi) is 6.54. The molecule has 2 N–H and O–H groups in total. The zero-order valence-electron chi connectivity index (χ0n) is 15.8. The first-order valence-corrected chi connectivity index (χ1v) is 9.74. The maximum absolute atomic E-state index is 9.54. The first-order chi connectivity index (χ1) is 13.1. The lowest BCUT2D eigenvalue weighted by atomic mass is 9.96. The number of nitrogens with one attached hydrogen (secondary N) is 1. The van der Waals surface area contributed by atoms with Crippen molar-refractivity contribution in [1.29, 1.82) is 0 Å². The van der Waals surface area contributed by atoms with Gasteiger partial charge in [-0.05, 0) is 61.7 Å². The Labute approximate surface area is 165 Å². The van der Waals surface area contributed by atoms with Crippen LogP contribution in [0.15, 0.2) is 60.9 Å². The van der Waals surface area contributed by atoms with Gasteiger partial charge in [-0.1, -0.05) is 42.8 Å². The van der Waals surface area contributed by atoms with Crippen LogP contribution < -0.4 is 0 Å². The van der Waals surface area contributed by atoms with Crippen LogP contribution in [0.3, 0.4) is 0 Å². The van der Waals surface area contributed by atoms with Crippen molar-refractivity contribution < 1.29 is 5.11 Å². The fourth-order valence-corrected chi connectivity index (χ4v) is 3.71. The zero-order valence-corrected chi connectivity index (χ0v) is 16.5. The van der Waals surface area contributed by atoms with Crippen LogP contribution in [-0.2, 0) is 6.42 Å². The molecule has 0 bridgehead atoms. The minimum atomic E-state index is 0.105. The van der Waals surface area contributed by atoms with Gasteiger partial charge in [0.05, 0.1) is 12.2 Å². The highest BCUT2D eigenvalue weighted by Gasteiger charge is 2.27. The molecule has 0 aliphatic rings. The van der Waals surface area contributed by atoms with E-state index < -0.39 is 0 Å². The highest BCUT2D eigenvalue weighted by atomic mass is 35.5. The number of nitrogens with zero attached hydrogens (tertiary/aromatic N) is 2. The molecule has 5 heteroatoms. The lowest BCUT2D eigenvalue weighted by Crippen LogP contribution is -2.39. The summed E-state index contributed by atoms with van der Waals surface area (Å²) in [6.45, 7) is 5.43. The van der Waals surface area contributed by atoms with Crippen LogP contribution >= 0.6 is 11.6 Å². The molecule has 1 aromatic heterocycles. The van der Waals surface area contributed by atoms with E-state index in [0.29, 0.717) is 11.8 Å². The van der Waals surface area contributed by atoms with Gasteiger partial charge in [-0.3, -0.25) is 10.00 Å². The van der Waals surface area contributed by atoms with E-state index in [2.05, 4.69) is 41.1 Å². The molecule has 1 heterocycles. The molecule has 0 radical (unpaired) electrons. The van der Waals surface area contributed by atoms with Gasteiger partial charge in [0.2, 0.25) is 0 Å². The summed E-state index contributed by atoms with van der Waals surface area (Å²) in [7, 11) is 0. The SMILES string of the molecule is CCCN(C(C)Cc1ccc(O)cc1)C(c1ccc(Cl)cc1)c1cn[nH]c1. The zero-order chi connectivity index (χ0) is 19.2. The van der Waals surface area contributed by atoms with Gasteiger partial charge >= 0.3 is 0 Å². The number of benzene rings is 2. The summed E-state index contributed by atoms with van der Waals surface area (Å²) in [4.78, 5) is 2.51. The molecule has 0 saturated carbocycles. The Morgan fingerprint density at radius 3 is 2.37 bits per heavy atom. The van der Waals surface area contributed by atoms with E-state index in [9.17, 15) is 5.11 Å². The third-order valence-corrected chi connectivity index (χ3v) is 5.12. The number of rotatable bonds is 8. The van der Waals surface area contributed by atoms with Crippen LogP contribution in [-0.4, -0.2) is 32.8 Å². The van der Waals surface area contributed by atoms with E-state index in [0.717, 1.165) is 30.0 Å². The summed E-state index contributed by atoms with van der Waals surface area (Å²) in [5.41, 5.74) is 3.55. The van der Waals surface area contributed by atoms with Gasteiger partial charge in [-0.2, -0.15) is 5.10 Å². The number of aromatic nitrogens is 2. The van der Waals surface area contributed by atoms with Gasteiger partial charge in [0, 0.05) is 22.8 Å². The number of halogens is 1. The summed E-state index contributed by atoms with van der Waals surface area (Å²) in [6.07, 6.45) is 5.83. The van der Waals surface area contributed by atoms with Crippen molar-refractivity contribution in [3.05, 3.63) is 82.6 Å². The average Bonchev–Trinajstić information content (AvgIpc) is 3.19. The lowest BCUT2D eigenvalue weighted by molar-refractivity contribution is 0.165. The first kappa shape index (κ1) is 19.5. The Morgan fingerprint density at radius 1 is 1.07 bits per heavy atom. The summed E-state index contributed by atoms with van der Waals surface area (Å²) in [5.74, 6) is 0.300. The van der Waals surface area contributed by atoms with Crippen LogP contribution in [0.4, 0.5) is 0 Å². The monoisotopic (exact) mass is 383 g/mol. The minimum Gasteiger partial charge on any atom is -0.508 e. The number of phenols is 1. The van der Waals surface area contributed by atoms with Crippen LogP contribution in [0.5, 0.6) is 5.75 Å². The van der Waals surface area contributed by atoms with Crippen molar-refractivity contribution in [2.24, 2.45) is 0 Å². The standard InChI is InChI=1S/C22H26ClN3O/c1-3-12-26(16(2)13-17-4-10-21(27)11-5-17)22(19-14-24-25-15-19)18-6-8-20(23)9-7-18/h4-11,14-16,22,27H,3,12-13H2,1-2H3,(H,24,25). The number of phenolic OH excluding ortho intramolecular Hbond substituents is 1. The Balaban J connectivity index is 1.92. The molecule has 0 amide bonds. The molecule has 4 nitrogen and oxygen atoms in total. The molecule has 142 valence electrons. The molecular weight excluding hydrogens is 358 g/mol. The summed E-state index contributed by atoms with van der Waals surface area (Å²) < 4.78 is 0. The molecular formula is C22H26ClN3O. The molecule has 3 rings (SSSR count). The second kappa shape index (κ2) is 9.07. The molecule has 27 heavy (non-hydrogen) atoms. The summed E-state index contributed by atoms with van der Waals surface area (Å²) >= 11 is 6.11. The van der Waals surface area contributed by atoms with Crippen LogP contribution in [0.2, 0.25) is 5.02 Å². The topological polar surface area (TPSA) is 52.1 Å². The van der Waals surface area contributed by atoms with Gasteiger partial charge in [-0.25, -0.2) is 0 Å². The van der Waals surface area contributed by atoms with Gasteiger partial charge < -0.3 is 5.11 Å². The second-order valence-corrected chi connectivity index (χ2v) is 7.38. The predicted octanol–water partition coefficient (Wildman–Crippen LogP) is 5.20. The van der Waals surface area contributed by atoms with Crippen molar-refractivity contribution in [1.82, 2.24) is 15.1 Å². The van der Waals surface area contributed by atoms with Gasteiger partial charge in [0.15, 0.2) is 0 Å². The molecule has 2 unspecified atom stereocenters. The highest BCUT2D eigenvalue weighted by molar-refractivity contribution is 6.30. The van der Waals surface area contributed by atoms with Gasteiger partial charge in [-0.15, -0.1) is 0 Å². The molecule has 0 aliphatic carbocycles. The number of aromatic hydroxyl groups is 1. The summed E-state index contributed by atoms with van der Waals surface area (Å²) in [5, 5.41) is 17.4. The molecule has 0 saturated heterocycles. The van der Waals surface area contributed by atoms with Crippen molar-refractivity contribution in [2.75, 3.05) is 6.54 Å². The van der Waals surface area contributed by atoms with E-state index in [-0.39, 0.29) is 6.04 Å². The first-order valence-electron chi connectivity index (χ1n) is 9.36. The normalized spacial score (nSPS) is 13.6. The van der Waals surface area contributed by atoms with Crippen molar-refractivity contribution in [3.63, 3.8) is 0 Å². The highest BCUT2D eigenvalue weighted by Crippen LogP contribution is 2.31. The van der Waals surface area contributed by atoms with Crippen molar-refractivity contribution in [3.8, 4) is 5.75 Å². The van der Waals surface area contributed by atoms with E-state index in [1.165, 1.54) is 11.1 Å². The maximum atomic E-state index is 9.54. The Morgan fingerprint density at radius 2 is 1.78 bits per heavy atom. The number of H-pyrrole nitrogens is 1. The van der Waals surface area contributed by atoms with E-state index >= 15 is 0 Å². The minimum absolute atomic E-state index is 0.105. The molecule has 0 spiro atoms. The van der Waals surface area contributed by atoms with Crippen LogP contribution in [0.25, 0.3) is 0 Å². The Bertz CT molecular complexity index is 816. The molecule has 3 aromatic rings. The lowest BCUT2D eigenvalue weighted by Gasteiger charge is -2.36. The fraction of sp³-hybridized carbons (Fsp3) is 0.318. The largest absolute Gasteiger partial charge is 0.508 e. The van der Waals surface area contributed by atoms with E-state index in [1.807, 2.05) is 36.7 Å². The third kappa shape index (κ3) is 4.90. The molecule has 2 atom stereocenters. The maximum Gasteiger partial charge on any atom is 0.115 e.